The molecule has 1 fully saturated rings. The van der Waals surface area contributed by atoms with Gasteiger partial charge in [0.2, 0.25) is 17.7 Å². The van der Waals surface area contributed by atoms with Crippen molar-refractivity contribution in [3.05, 3.63) is 65.7 Å². The van der Waals surface area contributed by atoms with Crippen molar-refractivity contribution in [2.75, 3.05) is 11.4 Å². The lowest BCUT2D eigenvalue weighted by Gasteiger charge is -2.29. The Kier molecular flexibility index (Phi) is 5.70. The van der Waals surface area contributed by atoms with Crippen LogP contribution in [-0.2, 0) is 25.6 Å². The zero-order chi connectivity index (χ0) is 22.0. The summed E-state index contributed by atoms with van der Waals surface area (Å²) in [6, 6.07) is 15.3. The Labute approximate surface area is 179 Å². The van der Waals surface area contributed by atoms with Crippen molar-refractivity contribution >= 4 is 29.3 Å². The van der Waals surface area contributed by atoms with Gasteiger partial charge in [0.25, 0.3) is 5.91 Å². The number of amides is 4. The Bertz CT molecular complexity index is 1020. The van der Waals surface area contributed by atoms with Gasteiger partial charge in [0.15, 0.2) is 0 Å². The number of nitrogens with two attached hydrogens (primary N) is 1. The summed E-state index contributed by atoms with van der Waals surface area (Å²) in [5.74, 6) is -2.00. The van der Waals surface area contributed by atoms with Crippen molar-refractivity contribution in [3.63, 3.8) is 0 Å². The molecule has 2 aromatic carbocycles. The van der Waals surface area contributed by atoms with E-state index in [1.807, 2.05) is 42.5 Å². The monoisotopic (exact) mass is 420 g/mol. The highest BCUT2D eigenvalue weighted by molar-refractivity contribution is 6.05. The molecule has 4 N–H and O–H groups in total. The molecule has 0 aliphatic carbocycles. The summed E-state index contributed by atoms with van der Waals surface area (Å²) < 4.78 is 0. The van der Waals surface area contributed by atoms with Gasteiger partial charge in [-0.1, -0.05) is 48.5 Å². The Morgan fingerprint density at radius 1 is 1.06 bits per heavy atom. The van der Waals surface area contributed by atoms with E-state index in [1.165, 1.54) is 4.90 Å². The first kappa shape index (κ1) is 20.6. The number of para-hydroxylation sites is 1. The summed E-state index contributed by atoms with van der Waals surface area (Å²) in [6.07, 6.45) is 1.15. The van der Waals surface area contributed by atoms with Crippen LogP contribution in [0.15, 0.2) is 54.6 Å². The van der Waals surface area contributed by atoms with Gasteiger partial charge >= 0.3 is 0 Å². The molecular formula is C23H24N4O4. The fraction of sp³-hybridized carbons (Fsp3) is 0.304. The second-order valence-corrected chi connectivity index (χ2v) is 7.89. The number of carbonyl (C=O) groups excluding carboxylic acids is 4. The average molecular weight is 420 g/mol. The SMILES string of the molecule is NC(=O)CN1C(=O)[C@@H](NC(=O)[C@@H]2CCC(=O)N2)[C@@H](c2ccccc2)Cc2ccccc21. The maximum absolute atomic E-state index is 13.7. The second kappa shape index (κ2) is 8.59. The first-order chi connectivity index (χ1) is 14.9. The van der Waals surface area contributed by atoms with Crippen LogP contribution in [-0.4, -0.2) is 42.3 Å². The molecular weight excluding hydrogens is 396 g/mol. The van der Waals surface area contributed by atoms with Gasteiger partial charge in [0, 0.05) is 18.0 Å². The van der Waals surface area contributed by atoms with E-state index < -0.39 is 29.8 Å². The van der Waals surface area contributed by atoms with Gasteiger partial charge in [-0.3, -0.25) is 19.2 Å². The van der Waals surface area contributed by atoms with Gasteiger partial charge in [-0.15, -0.1) is 0 Å². The topological polar surface area (TPSA) is 122 Å². The normalized spacial score (nSPS) is 23.0. The molecule has 8 nitrogen and oxygen atoms in total. The number of nitrogens with zero attached hydrogens (tertiary/aromatic N) is 1. The zero-order valence-electron chi connectivity index (χ0n) is 16.9. The number of hydrogen-bond donors (Lipinski definition) is 3. The Morgan fingerprint density at radius 2 is 1.77 bits per heavy atom. The van der Waals surface area contributed by atoms with Crippen molar-refractivity contribution in [3.8, 4) is 0 Å². The molecule has 0 radical (unpaired) electrons. The first-order valence-corrected chi connectivity index (χ1v) is 10.3. The average Bonchev–Trinajstić information content (AvgIpc) is 3.17. The van der Waals surface area contributed by atoms with Crippen molar-refractivity contribution in [1.82, 2.24) is 10.6 Å². The van der Waals surface area contributed by atoms with Crippen LogP contribution in [0.4, 0.5) is 5.69 Å². The quantitative estimate of drug-likeness (QED) is 0.656. The van der Waals surface area contributed by atoms with Crippen molar-refractivity contribution in [2.45, 2.75) is 37.3 Å². The van der Waals surface area contributed by atoms with Crippen LogP contribution in [0.2, 0.25) is 0 Å². The number of carbonyl (C=O) groups is 4. The van der Waals surface area contributed by atoms with Crippen molar-refractivity contribution in [1.29, 1.82) is 0 Å². The summed E-state index contributed by atoms with van der Waals surface area (Å²) in [5.41, 5.74) is 7.82. The summed E-state index contributed by atoms with van der Waals surface area (Å²) in [4.78, 5) is 51.2. The van der Waals surface area contributed by atoms with Gasteiger partial charge in [0.1, 0.15) is 18.6 Å². The smallest absolute Gasteiger partial charge is 0.250 e. The lowest BCUT2D eigenvalue weighted by molar-refractivity contribution is -0.130. The van der Waals surface area contributed by atoms with E-state index in [2.05, 4.69) is 10.6 Å². The molecule has 0 unspecified atom stereocenters. The van der Waals surface area contributed by atoms with Gasteiger partial charge < -0.3 is 21.3 Å². The Hall–Kier alpha value is -3.68. The van der Waals surface area contributed by atoms with Gasteiger partial charge in [0.05, 0.1) is 0 Å². The highest BCUT2D eigenvalue weighted by atomic mass is 16.2. The molecule has 2 heterocycles. The number of nitrogens with one attached hydrogen (secondary N) is 2. The lowest BCUT2D eigenvalue weighted by atomic mass is 9.86. The van der Waals surface area contributed by atoms with E-state index in [4.69, 9.17) is 5.73 Å². The van der Waals surface area contributed by atoms with Gasteiger partial charge in [-0.25, -0.2) is 0 Å². The van der Waals surface area contributed by atoms with Crippen LogP contribution >= 0.6 is 0 Å². The minimum absolute atomic E-state index is 0.185. The molecule has 8 heteroatoms. The molecule has 2 aliphatic rings. The predicted octanol–water partition coefficient (Wildman–Crippen LogP) is 0.608. The second-order valence-electron chi connectivity index (χ2n) is 7.89. The summed E-state index contributed by atoms with van der Waals surface area (Å²) >= 11 is 0. The predicted molar refractivity (Wildman–Crippen MR) is 114 cm³/mol. The largest absolute Gasteiger partial charge is 0.368 e. The van der Waals surface area contributed by atoms with Gasteiger partial charge in [-0.05, 0) is 30.0 Å². The third-order valence-electron chi connectivity index (χ3n) is 5.81. The molecule has 2 aliphatic heterocycles. The maximum atomic E-state index is 13.7. The molecule has 0 aromatic heterocycles. The number of benzene rings is 2. The van der Waals surface area contributed by atoms with Crippen molar-refractivity contribution < 1.29 is 19.2 Å². The van der Waals surface area contributed by atoms with Crippen LogP contribution in [0.3, 0.4) is 0 Å². The van der Waals surface area contributed by atoms with E-state index in [0.717, 1.165) is 11.1 Å². The zero-order valence-corrected chi connectivity index (χ0v) is 16.9. The van der Waals surface area contributed by atoms with Gasteiger partial charge in [-0.2, -0.15) is 0 Å². The third-order valence-corrected chi connectivity index (χ3v) is 5.81. The molecule has 0 spiro atoms. The molecule has 2 aromatic rings. The van der Waals surface area contributed by atoms with Crippen LogP contribution in [0, 0.1) is 0 Å². The molecule has 0 saturated carbocycles. The number of rotatable bonds is 5. The minimum Gasteiger partial charge on any atom is -0.368 e. The Morgan fingerprint density at radius 3 is 2.45 bits per heavy atom. The first-order valence-electron chi connectivity index (χ1n) is 10.3. The molecule has 31 heavy (non-hydrogen) atoms. The molecule has 4 amide bonds. The standard InChI is InChI=1S/C23H24N4O4/c24-19(28)13-27-18-9-5-4-8-15(18)12-16(14-6-2-1-3-7-14)21(23(27)31)26-22(30)17-10-11-20(29)25-17/h1-9,16-17,21H,10-13H2,(H2,24,28)(H,25,29)(H,26,30)/t16-,17+,21+/m1/s1. The van der Waals surface area contributed by atoms with E-state index in [-0.39, 0.29) is 24.8 Å². The summed E-state index contributed by atoms with van der Waals surface area (Å²) in [5, 5.41) is 5.50. The molecule has 0 bridgehead atoms. The van der Waals surface area contributed by atoms with E-state index >= 15 is 0 Å². The van der Waals surface area contributed by atoms with E-state index in [1.54, 1.807) is 12.1 Å². The number of anilines is 1. The molecule has 160 valence electrons. The molecule has 4 rings (SSSR count). The fourth-order valence-corrected chi connectivity index (χ4v) is 4.32. The van der Waals surface area contributed by atoms with Crippen LogP contribution in [0.1, 0.15) is 29.9 Å². The highest BCUT2D eigenvalue weighted by Crippen LogP contribution is 2.35. The fourth-order valence-electron chi connectivity index (χ4n) is 4.32. The molecule has 1 saturated heterocycles. The third kappa shape index (κ3) is 4.28. The number of primary amides is 1. The van der Waals surface area contributed by atoms with Crippen LogP contribution in [0.5, 0.6) is 0 Å². The maximum Gasteiger partial charge on any atom is 0.250 e. The van der Waals surface area contributed by atoms with E-state index in [0.29, 0.717) is 18.5 Å². The summed E-state index contributed by atoms with van der Waals surface area (Å²) in [7, 11) is 0. The lowest BCUT2D eigenvalue weighted by Crippen LogP contribution is -2.55. The van der Waals surface area contributed by atoms with E-state index in [9.17, 15) is 19.2 Å². The Balaban J connectivity index is 1.74. The molecule has 3 atom stereocenters. The van der Waals surface area contributed by atoms with Crippen molar-refractivity contribution in [2.24, 2.45) is 5.73 Å². The minimum atomic E-state index is -0.917. The van der Waals surface area contributed by atoms with Crippen LogP contribution < -0.4 is 21.3 Å². The summed E-state index contributed by atoms with van der Waals surface area (Å²) in [6.45, 7) is -0.288. The number of hydrogen-bond acceptors (Lipinski definition) is 4. The highest BCUT2D eigenvalue weighted by Gasteiger charge is 2.40. The number of fused-ring (bicyclic) bond motifs is 1. The van der Waals surface area contributed by atoms with Crippen LogP contribution in [0.25, 0.3) is 0 Å².